The Bertz CT molecular complexity index is 597. The average molecular weight is 572 g/mol. The maximum atomic E-state index is 4.93. The number of rotatable bonds is 6. The fourth-order valence-corrected chi connectivity index (χ4v) is 4.59. The summed E-state index contributed by atoms with van der Waals surface area (Å²) in [4.78, 5) is 0. The van der Waals surface area contributed by atoms with Gasteiger partial charge in [-0.1, -0.05) is 117 Å². The number of aryl methyl sites for hydroxylation is 6. The van der Waals surface area contributed by atoms with Gasteiger partial charge in [-0.05, 0) is 0 Å². The van der Waals surface area contributed by atoms with Gasteiger partial charge in [-0.3, -0.25) is 0 Å². The van der Waals surface area contributed by atoms with Crippen molar-refractivity contribution in [3.8, 4) is 0 Å². The van der Waals surface area contributed by atoms with Crippen molar-refractivity contribution in [2.75, 3.05) is 0 Å². The van der Waals surface area contributed by atoms with Crippen LogP contribution in [0.3, 0.4) is 0 Å². The molecule has 0 N–H and O–H groups in total. The van der Waals surface area contributed by atoms with Crippen molar-refractivity contribution in [1.29, 1.82) is 0 Å². The molecule has 0 nitrogen and oxygen atoms in total. The first-order valence-electron chi connectivity index (χ1n) is 12.9. The summed E-state index contributed by atoms with van der Waals surface area (Å²) in [6.07, 6.45) is 18.9. The molecule has 4 heteroatoms. The van der Waals surface area contributed by atoms with Crippen molar-refractivity contribution in [1.82, 2.24) is 0 Å². The van der Waals surface area contributed by atoms with Crippen molar-refractivity contribution in [3.63, 3.8) is 0 Å². The summed E-state index contributed by atoms with van der Waals surface area (Å²) in [5.41, 5.74) is 9.78. The van der Waals surface area contributed by atoms with Crippen LogP contribution >= 0.6 is 17.0 Å². The molecule has 179 valence electrons. The summed E-state index contributed by atoms with van der Waals surface area (Å²) in [6, 6.07) is 9.79. The Hall–Kier alpha value is 0.380. The Morgan fingerprint density at radius 2 is 1.09 bits per heavy atom. The van der Waals surface area contributed by atoms with E-state index in [2.05, 4.69) is 51.2 Å². The molecular weight excluding hydrogens is 527 g/mol. The van der Waals surface area contributed by atoms with Crippen LogP contribution in [0, 0.1) is 0 Å². The average Bonchev–Trinajstić information content (AvgIpc) is 3.41. The van der Waals surface area contributed by atoms with Gasteiger partial charge in [0.05, 0.1) is 0 Å². The van der Waals surface area contributed by atoms with Gasteiger partial charge in [-0.15, -0.1) is 0 Å². The molecule has 2 aromatic rings. The summed E-state index contributed by atoms with van der Waals surface area (Å²) < 4.78 is 0. The molecule has 32 heavy (non-hydrogen) atoms. The minimum atomic E-state index is -0.826. The SMILES string of the molecule is CCCCc1cc2c([cH-]1)CCCC2.CCCCc1cc2c([cH-]1)CCCC2.C[SiH]C.[Cl][Zr+2][Cl]. The van der Waals surface area contributed by atoms with Gasteiger partial charge >= 0.3 is 37.9 Å². The van der Waals surface area contributed by atoms with E-state index in [1.165, 1.54) is 89.9 Å². The number of hydrogen-bond acceptors (Lipinski definition) is 0. The Kier molecular flexibility index (Phi) is 18.7. The summed E-state index contributed by atoms with van der Waals surface area (Å²) in [6.45, 7) is 8.95. The molecule has 0 heterocycles. The third-order valence-electron chi connectivity index (χ3n) is 6.19. The molecule has 0 aromatic heterocycles. The van der Waals surface area contributed by atoms with Gasteiger partial charge in [-0.25, -0.2) is 12.1 Å². The minimum absolute atomic E-state index is 0.750. The van der Waals surface area contributed by atoms with Crippen molar-refractivity contribution in [2.45, 2.75) is 117 Å². The van der Waals surface area contributed by atoms with E-state index in [1.54, 1.807) is 33.4 Å². The van der Waals surface area contributed by atoms with Gasteiger partial charge in [0.25, 0.3) is 0 Å². The summed E-state index contributed by atoms with van der Waals surface area (Å²) in [5.74, 6) is 0. The van der Waals surface area contributed by atoms with Gasteiger partial charge in [0.2, 0.25) is 0 Å². The third kappa shape index (κ3) is 12.2. The Morgan fingerprint density at radius 1 is 0.750 bits per heavy atom. The van der Waals surface area contributed by atoms with Crippen LogP contribution < -0.4 is 0 Å². The zero-order chi connectivity index (χ0) is 23.6. The quantitative estimate of drug-likeness (QED) is 0.240. The van der Waals surface area contributed by atoms with E-state index in [0.717, 1.165) is 9.52 Å². The monoisotopic (exact) mass is 569 g/mol. The van der Waals surface area contributed by atoms with Crippen LogP contribution in [0.25, 0.3) is 0 Å². The molecule has 0 saturated heterocycles. The molecule has 0 amide bonds. The van der Waals surface area contributed by atoms with Gasteiger partial charge in [0, 0.05) is 9.52 Å². The van der Waals surface area contributed by atoms with Crippen LogP contribution in [0.15, 0.2) is 24.3 Å². The van der Waals surface area contributed by atoms with Crippen molar-refractivity contribution in [3.05, 3.63) is 57.6 Å². The van der Waals surface area contributed by atoms with E-state index in [4.69, 9.17) is 17.0 Å². The van der Waals surface area contributed by atoms with E-state index in [-0.39, 0.29) is 0 Å². The molecule has 0 fully saturated rings. The second-order valence-corrected chi connectivity index (χ2v) is 14.0. The summed E-state index contributed by atoms with van der Waals surface area (Å²) in [5, 5.41) is 0. The first-order valence-corrected chi connectivity index (χ1v) is 21.5. The van der Waals surface area contributed by atoms with Crippen LogP contribution in [0.4, 0.5) is 0 Å². The topological polar surface area (TPSA) is 0 Å². The fraction of sp³-hybridized carbons (Fsp3) is 0.643. The molecule has 0 unspecified atom stereocenters. The second kappa shape index (κ2) is 19.7. The molecule has 0 atom stereocenters. The van der Waals surface area contributed by atoms with Crippen LogP contribution in [-0.4, -0.2) is 9.52 Å². The van der Waals surface area contributed by atoms with Gasteiger partial charge < -0.3 is 0 Å². The molecule has 0 saturated carbocycles. The Balaban J connectivity index is 0.000000258. The van der Waals surface area contributed by atoms with Crippen molar-refractivity contribution < 1.29 is 20.8 Å². The number of fused-ring (bicyclic) bond motifs is 2. The molecule has 2 aliphatic carbocycles. The summed E-state index contributed by atoms with van der Waals surface area (Å²) in [7, 11) is 10.6. The molecule has 2 aliphatic rings. The zero-order valence-corrected chi connectivity index (χ0v) is 26.2. The van der Waals surface area contributed by atoms with E-state index >= 15 is 0 Å². The fourth-order valence-electron chi connectivity index (χ4n) is 4.59. The van der Waals surface area contributed by atoms with Gasteiger partial charge in [-0.2, -0.15) is 45.5 Å². The molecule has 1 radical (unpaired) electrons. The third-order valence-corrected chi connectivity index (χ3v) is 6.19. The van der Waals surface area contributed by atoms with Gasteiger partial charge in [0.15, 0.2) is 0 Å². The van der Waals surface area contributed by atoms with Crippen LogP contribution in [0.1, 0.15) is 98.6 Å². The molecular formula is C28H45Cl2SiZr. The molecule has 0 spiro atoms. The molecule has 0 aliphatic heterocycles. The zero-order valence-electron chi connectivity index (χ0n) is 21.0. The van der Waals surface area contributed by atoms with E-state index in [1.807, 2.05) is 0 Å². The van der Waals surface area contributed by atoms with Crippen LogP contribution in [-0.2, 0) is 59.4 Å². The molecule has 2 aromatic carbocycles. The predicted molar refractivity (Wildman–Crippen MR) is 145 cm³/mol. The number of hydrogen-bond donors (Lipinski definition) is 0. The standard InChI is InChI=1S/2C13H19.C2H7Si.2ClH.Zr/c2*1-2-3-6-11-9-12-7-4-5-8-13(12)10-11;1-3-2;;;/h2*9-10H,2-8H2,1H3;3H,1-2H3;2*1H;/q2*-1;;;;+4/p-2. The molecule has 0 bridgehead atoms. The Labute approximate surface area is 220 Å². The van der Waals surface area contributed by atoms with E-state index < -0.39 is 20.8 Å². The Morgan fingerprint density at radius 3 is 1.41 bits per heavy atom. The first-order chi connectivity index (χ1) is 15.6. The second-order valence-electron chi connectivity index (χ2n) is 9.10. The van der Waals surface area contributed by atoms with Crippen LogP contribution in [0.2, 0.25) is 13.1 Å². The van der Waals surface area contributed by atoms with Crippen LogP contribution in [0.5, 0.6) is 0 Å². The normalized spacial score (nSPS) is 13.7. The first kappa shape index (κ1) is 30.4. The summed E-state index contributed by atoms with van der Waals surface area (Å²) >= 11 is -0.826. The number of halogens is 2. The molecule has 4 rings (SSSR count). The maximum absolute atomic E-state index is 4.93. The van der Waals surface area contributed by atoms with E-state index in [0.29, 0.717) is 0 Å². The number of unbranched alkanes of at least 4 members (excludes halogenated alkanes) is 2. The van der Waals surface area contributed by atoms with Crippen molar-refractivity contribution in [2.24, 2.45) is 0 Å². The predicted octanol–water partition coefficient (Wildman–Crippen LogP) is 9.15. The van der Waals surface area contributed by atoms with E-state index in [9.17, 15) is 0 Å². The van der Waals surface area contributed by atoms with Crippen molar-refractivity contribution >= 4 is 26.5 Å². The van der Waals surface area contributed by atoms with Gasteiger partial charge in [0.1, 0.15) is 0 Å².